The number of benzene rings is 1. The largest absolute Gasteiger partial charge is 0.462 e. The molecule has 0 spiro atoms. The molecule has 1 aliphatic rings. The van der Waals surface area contributed by atoms with Crippen molar-refractivity contribution >= 4 is 0 Å². The molecule has 1 aromatic carbocycles. The third-order valence-corrected chi connectivity index (χ3v) is 4.00. The molecule has 0 bridgehead atoms. The van der Waals surface area contributed by atoms with E-state index in [0.29, 0.717) is 13.2 Å². The van der Waals surface area contributed by atoms with Gasteiger partial charge in [0.15, 0.2) is 0 Å². The van der Waals surface area contributed by atoms with Crippen LogP contribution in [0.5, 0.6) is 0 Å². The van der Waals surface area contributed by atoms with Crippen molar-refractivity contribution in [1.29, 1.82) is 0 Å². The summed E-state index contributed by atoms with van der Waals surface area (Å²) in [6.45, 7) is 2.98. The van der Waals surface area contributed by atoms with Gasteiger partial charge in [0, 0.05) is 0 Å². The van der Waals surface area contributed by atoms with E-state index < -0.39 is 0 Å². The minimum atomic E-state index is 0.187. The molecule has 3 rings (SSSR count). The van der Waals surface area contributed by atoms with Crippen LogP contribution in [0.15, 0.2) is 34.7 Å². The number of furan rings is 1. The first-order chi connectivity index (χ1) is 9.78. The maximum Gasteiger partial charge on any atom is 0.130 e. The van der Waals surface area contributed by atoms with Crippen LogP contribution in [-0.4, -0.2) is 0 Å². The molecule has 1 aromatic heterocycles. The maximum atomic E-state index is 6.07. The zero-order valence-electron chi connectivity index (χ0n) is 11.9. The van der Waals surface area contributed by atoms with Gasteiger partial charge in [-0.25, -0.2) is 0 Å². The van der Waals surface area contributed by atoms with Gasteiger partial charge in [-0.15, -0.1) is 0 Å². The molecule has 1 unspecified atom stereocenters. The highest BCUT2D eigenvalue weighted by molar-refractivity contribution is 5.31. The van der Waals surface area contributed by atoms with Crippen LogP contribution in [0.25, 0.3) is 0 Å². The fourth-order valence-electron chi connectivity index (χ4n) is 2.93. The summed E-state index contributed by atoms with van der Waals surface area (Å²) < 4.78 is 11.8. The molecule has 0 radical (unpaired) electrons. The number of fused-ring (bicyclic) bond motifs is 1. The average molecular weight is 271 g/mol. The Morgan fingerprint density at radius 3 is 3.00 bits per heavy atom. The quantitative estimate of drug-likeness (QED) is 0.923. The van der Waals surface area contributed by atoms with Gasteiger partial charge >= 0.3 is 0 Å². The van der Waals surface area contributed by atoms with Crippen LogP contribution in [0, 0.1) is 6.92 Å². The van der Waals surface area contributed by atoms with Gasteiger partial charge < -0.3 is 14.9 Å². The minimum Gasteiger partial charge on any atom is -0.462 e. The summed E-state index contributed by atoms with van der Waals surface area (Å²) in [4.78, 5) is 0. The van der Waals surface area contributed by atoms with Crippen LogP contribution in [0.3, 0.4) is 0 Å². The van der Waals surface area contributed by atoms with Crippen molar-refractivity contribution < 1.29 is 9.15 Å². The first-order valence-corrected chi connectivity index (χ1v) is 7.25. The van der Waals surface area contributed by atoms with E-state index in [9.17, 15) is 0 Å². The number of aryl methyl sites for hydroxylation is 2. The lowest BCUT2D eigenvalue weighted by molar-refractivity contribution is 0.0188. The van der Waals surface area contributed by atoms with Crippen molar-refractivity contribution in [2.75, 3.05) is 0 Å². The van der Waals surface area contributed by atoms with Gasteiger partial charge in [-0.3, -0.25) is 0 Å². The van der Waals surface area contributed by atoms with E-state index in [2.05, 4.69) is 24.3 Å². The Kier molecular flexibility index (Phi) is 3.90. The van der Waals surface area contributed by atoms with E-state index in [4.69, 9.17) is 14.9 Å². The summed E-state index contributed by atoms with van der Waals surface area (Å²) >= 11 is 0. The molecule has 1 heterocycles. The number of hydrogen-bond donors (Lipinski definition) is 1. The Balaban J connectivity index is 1.70. The second-order valence-corrected chi connectivity index (χ2v) is 5.41. The smallest absolute Gasteiger partial charge is 0.130 e. The summed E-state index contributed by atoms with van der Waals surface area (Å²) in [5.74, 6) is 1.72. The lowest BCUT2D eigenvalue weighted by atomic mass is 9.89. The third kappa shape index (κ3) is 2.65. The number of hydrogen-bond acceptors (Lipinski definition) is 3. The van der Waals surface area contributed by atoms with Crippen LogP contribution in [0.1, 0.15) is 47.2 Å². The molecule has 1 aliphatic carbocycles. The van der Waals surface area contributed by atoms with Crippen LogP contribution in [0.2, 0.25) is 0 Å². The molecule has 0 saturated carbocycles. The molecule has 3 nitrogen and oxygen atoms in total. The molecule has 20 heavy (non-hydrogen) atoms. The SMILES string of the molecule is Cc1cc(COC2CCCc3ccccc32)oc1CN. The van der Waals surface area contributed by atoms with E-state index in [1.54, 1.807) is 0 Å². The number of ether oxygens (including phenoxy) is 1. The molecule has 0 fully saturated rings. The van der Waals surface area contributed by atoms with Crippen molar-refractivity contribution in [2.24, 2.45) is 5.73 Å². The van der Waals surface area contributed by atoms with Gasteiger partial charge in [0.1, 0.15) is 18.1 Å². The molecule has 1 atom stereocenters. The Labute approximate surface area is 119 Å². The van der Waals surface area contributed by atoms with Gasteiger partial charge in [0.2, 0.25) is 0 Å². The maximum absolute atomic E-state index is 6.07. The van der Waals surface area contributed by atoms with E-state index in [-0.39, 0.29) is 6.10 Å². The van der Waals surface area contributed by atoms with Crippen molar-refractivity contribution in [3.63, 3.8) is 0 Å². The second-order valence-electron chi connectivity index (χ2n) is 5.41. The lowest BCUT2D eigenvalue weighted by Crippen LogP contribution is -2.12. The molecule has 2 N–H and O–H groups in total. The van der Waals surface area contributed by atoms with Crippen LogP contribution in [-0.2, 0) is 24.3 Å². The zero-order valence-corrected chi connectivity index (χ0v) is 11.9. The monoisotopic (exact) mass is 271 g/mol. The van der Waals surface area contributed by atoms with Crippen molar-refractivity contribution in [2.45, 2.75) is 45.4 Å². The first-order valence-electron chi connectivity index (χ1n) is 7.25. The summed E-state index contributed by atoms with van der Waals surface area (Å²) in [5.41, 5.74) is 9.49. The van der Waals surface area contributed by atoms with E-state index in [1.165, 1.54) is 17.5 Å². The molecular formula is C17H21NO2. The van der Waals surface area contributed by atoms with Gasteiger partial charge in [0.05, 0.1) is 12.6 Å². The van der Waals surface area contributed by atoms with Crippen LogP contribution >= 0.6 is 0 Å². The Bertz CT molecular complexity index is 588. The van der Waals surface area contributed by atoms with Gasteiger partial charge in [-0.1, -0.05) is 24.3 Å². The topological polar surface area (TPSA) is 48.4 Å². The Morgan fingerprint density at radius 1 is 1.35 bits per heavy atom. The predicted molar refractivity (Wildman–Crippen MR) is 78.2 cm³/mol. The van der Waals surface area contributed by atoms with E-state index in [0.717, 1.165) is 29.9 Å². The normalized spacial score (nSPS) is 18.0. The fourth-order valence-corrected chi connectivity index (χ4v) is 2.93. The third-order valence-electron chi connectivity index (χ3n) is 4.00. The highest BCUT2D eigenvalue weighted by Gasteiger charge is 2.20. The lowest BCUT2D eigenvalue weighted by Gasteiger charge is -2.25. The highest BCUT2D eigenvalue weighted by atomic mass is 16.5. The molecular weight excluding hydrogens is 250 g/mol. The Hall–Kier alpha value is -1.58. The highest BCUT2D eigenvalue weighted by Crippen LogP contribution is 2.33. The zero-order chi connectivity index (χ0) is 13.9. The van der Waals surface area contributed by atoms with Crippen molar-refractivity contribution in [3.8, 4) is 0 Å². The number of nitrogens with two attached hydrogens (primary N) is 1. The molecule has 3 heteroatoms. The predicted octanol–water partition coefficient (Wildman–Crippen LogP) is 3.64. The molecule has 2 aromatic rings. The average Bonchev–Trinajstić information content (AvgIpc) is 2.85. The van der Waals surface area contributed by atoms with Crippen LogP contribution < -0.4 is 5.73 Å². The van der Waals surface area contributed by atoms with E-state index >= 15 is 0 Å². The molecule has 0 aliphatic heterocycles. The van der Waals surface area contributed by atoms with E-state index in [1.807, 2.05) is 13.0 Å². The molecule has 106 valence electrons. The summed E-state index contributed by atoms with van der Waals surface area (Å²) in [7, 11) is 0. The molecule has 0 saturated heterocycles. The Morgan fingerprint density at radius 2 is 2.20 bits per heavy atom. The standard InChI is InChI=1S/C17H21NO2/c1-12-9-14(20-17(12)10-18)11-19-16-8-4-6-13-5-2-3-7-15(13)16/h2-3,5,7,9,16H,4,6,8,10-11,18H2,1H3. The second kappa shape index (κ2) is 5.81. The van der Waals surface area contributed by atoms with Gasteiger partial charge in [-0.2, -0.15) is 0 Å². The minimum absolute atomic E-state index is 0.187. The van der Waals surface area contributed by atoms with Gasteiger partial charge in [-0.05, 0) is 48.9 Å². The van der Waals surface area contributed by atoms with Gasteiger partial charge in [0.25, 0.3) is 0 Å². The van der Waals surface area contributed by atoms with Crippen molar-refractivity contribution in [1.82, 2.24) is 0 Å². The first kappa shape index (κ1) is 13.4. The summed E-state index contributed by atoms with van der Waals surface area (Å²) in [6.07, 6.45) is 3.62. The fraction of sp³-hybridized carbons (Fsp3) is 0.412. The molecule has 0 amide bonds. The van der Waals surface area contributed by atoms with Crippen molar-refractivity contribution in [3.05, 3.63) is 58.5 Å². The summed E-state index contributed by atoms with van der Waals surface area (Å²) in [6, 6.07) is 10.6. The summed E-state index contributed by atoms with van der Waals surface area (Å²) in [5, 5.41) is 0. The van der Waals surface area contributed by atoms with Crippen LogP contribution in [0.4, 0.5) is 0 Å². The number of rotatable bonds is 4.